The fourth-order valence-corrected chi connectivity index (χ4v) is 4.13. The number of nitrogens with zero attached hydrogens (tertiary/aromatic N) is 3. The normalized spacial score (nSPS) is 28.8. The summed E-state index contributed by atoms with van der Waals surface area (Å²) >= 11 is 0. The van der Waals surface area contributed by atoms with Crippen LogP contribution in [0.25, 0.3) is 0 Å². The first-order valence-corrected chi connectivity index (χ1v) is 8.15. The zero-order valence-electron chi connectivity index (χ0n) is 13.1. The fraction of sp³-hybridized carbons (Fsp3) is 0.389. The molecule has 4 rings (SSSR count). The molecule has 2 aromatic rings. The van der Waals surface area contributed by atoms with Gasteiger partial charge in [0, 0.05) is 42.9 Å². The second kappa shape index (κ2) is 5.63. The number of carbonyl (C=O) groups excluding carboxylic acids is 1. The number of piperidine rings is 1. The highest BCUT2D eigenvalue weighted by Crippen LogP contribution is 2.46. The Morgan fingerprint density at radius 3 is 2.46 bits per heavy atom. The molecule has 2 fully saturated rings. The van der Waals surface area contributed by atoms with E-state index in [4.69, 9.17) is 0 Å². The van der Waals surface area contributed by atoms with Crippen LogP contribution in [0.2, 0.25) is 0 Å². The minimum absolute atomic E-state index is 0.108. The first-order valence-electron chi connectivity index (χ1n) is 8.15. The highest BCUT2D eigenvalue weighted by atomic mass is 19.1. The number of aromatic nitrogens is 2. The Balaban J connectivity index is 1.62. The van der Waals surface area contributed by atoms with Crippen molar-refractivity contribution in [1.29, 1.82) is 0 Å². The molecular weight excluding hydrogens is 309 g/mol. The predicted octanol–water partition coefficient (Wildman–Crippen LogP) is 2.27. The van der Waals surface area contributed by atoms with Gasteiger partial charge in [0.05, 0.1) is 5.60 Å². The Morgan fingerprint density at radius 1 is 1.12 bits per heavy atom. The lowest BCUT2D eigenvalue weighted by atomic mass is 9.81. The molecular formula is C18H18FN3O2. The minimum atomic E-state index is -1.27. The molecule has 4 heterocycles. The number of halogens is 1. The maximum absolute atomic E-state index is 14.1. The summed E-state index contributed by atoms with van der Waals surface area (Å²) in [5.74, 6) is -0.749. The van der Waals surface area contributed by atoms with Gasteiger partial charge in [0.15, 0.2) is 0 Å². The molecule has 1 N–H and O–H groups in total. The molecule has 0 radical (unpaired) electrons. The molecule has 0 saturated carbocycles. The van der Waals surface area contributed by atoms with Crippen molar-refractivity contribution in [3.8, 4) is 0 Å². The van der Waals surface area contributed by atoms with Crippen LogP contribution in [0.15, 0.2) is 42.7 Å². The van der Waals surface area contributed by atoms with E-state index in [0.29, 0.717) is 18.5 Å². The average Bonchev–Trinajstić information content (AvgIpc) is 2.87. The Labute approximate surface area is 139 Å². The molecule has 2 aromatic heterocycles. The van der Waals surface area contributed by atoms with Crippen molar-refractivity contribution < 1.29 is 14.3 Å². The molecule has 124 valence electrons. The van der Waals surface area contributed by atoms with Crippen LogP contribution in [0.4, 0.5) is 4.39 Å². The molecule has 5 nitrogen and oxygen atoms in total. The highest BCUT2D eigenvalue weighted by molar-refractivity contribution is 5.93. The summed E-state index contributed by atoms with van der Waals surface area (Å²) in [5, 5.41) is 11.0. The van der Waals surface area contributed by atoms with Gasteiger partial charge in [-0.2, -0.15) is 4.39 Å². The number of hydrogen-bond acceptors (Lipinski definition) is 4. The van der Waals surface area contributed by atoms with Crippen molar-refractivity contribution >= 4 is 5.91 Å². The van der Waals surface area contributed by atoms with Gasteiger partial charge in [-0.15, -0.1) is 0 Å². The van der Waals surface area contributed by atoms with Crippen molar-refractivity contribution in [3.63, 3.8) is 0 Å². The third-order valence-corrected chi connectivity index (χ3v) is 5.15. The number of aliphatic hydroxyl groups is 1. The van der Waals surface area contributed by atoms with Gasteiger partial charge in [-0.1, -0.05) is 12.1 Å². The van der Waals surface area contributed by atoms with Crippen molar-refractivity contribution in [2.75, 3.05) is 0 Å². The van der Waals surface area contributed by atoms with E-state index in [2.05, 4.69) is 9.97 Å². The Morgan fingerprint density at radius 2 is 1.83 bits per heavy atom. The van der Waals surface area contributed by atoms with Crippen molar-refractivity contribution in [2.45, 2.75) is 43.4 Å². The van der Waals surface area contributed by atoms with Crippen LogP contribution in [0.3, 0.4) is 0 Å². The quantitative estimate of drug-likeness (QED) is 0.859. The van der Waals surface area contributed by atoms with Gasteiger partial charge in [-0.25, -0.2) is 4.98 Å². The lowest BCUT2D eigenvalue weighted by molar-refractivity contribution is -0.0505. The van der Waals surface area contributed by atoms with Crippen LogP contribution >= 0.6 is 0 Å². The van der Waals surface area contributed by atoms with Crippen LogP contribution in [0.5, 0.6) is 0 Å². The van der Waals surface area contributed by atoms with Gasteiger partial charge in [0.2, 0.25) is 5.95 Å². The van der Waals surface area contributed by atoms with E-state index in [1.807, 2.05) is 4.90 Å². The van der Waals surface area contributed by atoms with Crippen LogP contribution in [0, 0.1) is 5.95 Å². The number of hydrogen-bond donors (Lipinski definition) is 1. The van der Waals surface area contributed by atoms with E-state index in [1.54, 1.807) is 36.5 Å². The minimum Gasteiger partial charge on any atom is -0.385 e. The summed E-state index contributed by atoms with van der Waals surface area (Å²) in [6.45, 7) is 0. The molecule has 2 bridgehead atoms. The van der Waals surface area contributed by atoms with Crippen LogP contribution in [-0.2, 0) is 5.60 Å². The van der Waals surface area contributed by atoms with Gasteiger partial charge in [-0.3, -0.25) is 9.78 Å². The van der Waals surface area contributed by atoms with E-state index < -0.39 is 11.5 Å². The lowest BCUT2D eigenvalue weighted by Gasteiger charge is -2.43. The van der Waals surface area contributed by atoms with Crippen LogP contribution < -0.4 is 0 Å². The summed E-state index contributed by atoms with van der Waals surface area (Å²) in [6, 6.07) is 8.25. The maximum Gasteiger partial charge on any atom is 0.272 e. The average molecular weight is 327 g/mol. The van der Waals surface area contributed by atoms with Crippen LogP contribution in [0.1, 0.15) is 41.7 Å². The smallest absolute Gasteiger partial charge is 0.272 e. The van der Waals surface area contributed by atoms with E-state index in [1.165, 1.54) is 6.20 Å². The van der Waals surface area contributed by atoms with Gasteiger partial charge in [0.1, 0.15) is 5.69 Å². The second-order valence-electron chi connectivity index (χ2n) is 6.59. The van der Waals surface area contributed by atoms with Crippen molar-refractivity contribution in [2.24, 2.45) is 0 Å². The molecule has 0 aromatic carbocycles. The zero-order valence-corrected chi connectivity index (χ0v) is 13.1. The molecule has 2 saturated heterocycles. The Kier molecular flexibility index (Phi) is 3.57. The third-order valence-electron chi connectivity index (χ3n) is 5.15. The summed E-state index contributed by atoms with van der Waals surface area (Å²) in [6.07, 6.45) is 5.24. The molecule has 0 spiro atoms. The summed E-state index contributed by atoms with van der Waals surface area (Å²) in [4.78, 5) is 22.4. The Hall–Kier alpha value is -2.34. The topological polar surface area (TPSA) is 66.3 Å². The largest absolute Gasteiger partial charge is 0.385 e. The summed E-state index contributed by atoms with van der Waals surface area (Å²) < 4.78 is 14.1. The van der Waals surface area contributed by atoms with E-state index >= 15 is 0 Å². The molecule has 0 aliphatic carbocycles. The maximum atomic E-state index is 14.1. The molecule has 2 atom stereocenters. The summed E-state index contributed by atoms with van der Waals surface area (Å²) in [7, 11) is 0. The molecule has 24 heavy (non-hydrogen) atoms. The van der Waals surface area contributed by atoms with Crippen LogP contribution in [-0.4, -0.2) is 38.0 Å². The second-order valence-corrected chi connectivity index (χ2v) is 6.59. The number of rotatable bonds is 2. The monoisotopic (exact) mass is 327 g/mol. The van der Waals surface area contributed by atoms with Crippen molar-refractivity contribution in [3.05, 3.63) is 59.9 Å². The number of amides is 1. The van der Waals surface area contributed by atoms with Gasteiger partial charge < -0.3 is 10.0 Å². The Bertz CT molecular complexity index is 754. The number of carbonyl (C=O) groups is 1. The molecule has 2 aliphatic rings. The van der Waals surface area contributed by atoms with E-state index in [-0.39, 0.29) is 23.6 Å². The number of fused-ring (bicyclic) bond motifs is 2. The molecule has 1 amide bonds. The molecule has 2 unspecified atom stereocenters. The highest BCUT2D eigenvalue weighted by Gasteiger charge is 2.51. The first kappa shape index (κ1) is 15.2. The predicted molar refractivity (Wildman–Crippen MR) is 84.5 cm³/mol. The third kappa shape index (κ3) is 2.38. The number of pyridine rings is 2. The lowest BCUT2D eigenvalue weighted by Crippen LogP contribution is -2.52. The van der Waals surface area contributed by atoms with Gasteiger partial charge >= 0.3 is 0 Å². The SMILES string of the molecule is O=C(c1ccccn1)N1C2CCC1CC(O)(c1cccnc1F)C2. The zero-order chi connectivity index (χ0) is 16.7. The van der Waals surface area contributed by atoms with Crippen molar-refractivity contribution in [1.82, 2.24) is 14.9 Å². The van der Waals surface area contributed by atoms with E-state index in [9.17, 15) is 14.3 Å². The standard InChI is InChI=1S/C18H18FN3O2/c19-16-14(4-3-9-21-16)18(24)10-12-6-7-13(11-18)22(12)17(23)15-5-1-2-8-20-15/h1-5,8-9,12-13,24H,6-7,10-11H2. The molecule has 2 aliphatic heterocycles. The van der Waals surface area contributed by atoms with Gasteiger partial charge in [-0.05, 0) is 31.0 Å². The fourth-order valence-electron chi connectivity index (χ4n) is 4.13. The first-order chi connectivity index (χ1) is 11.6. The van der Waals surface area contributed by atoms with Gasteiger partial charge in [0.25, 0.3) is 5.91 Å². The van der Waals surface area contributed by atoms with E-state index in [0.717, 1.165) is 12.8 Å². The molecule has 6 heteroatoms. The summed E-state index contributed by atoms with van der Waals surface area (Å²) in [5.41, 5.74) is -0.635.